The predicted octanol–water partition coefficient (Wildman–Crippen LogP) is 2.96. The van der Waals surface area contributed by atoms with Gasteiger partial charge < -0.3 is 9.47 Å². The van der Waals surface area contributed by atoms with E-state index in [4.69, 9.17) is 9.47 Å². The molecule has 0 spiro atoms. The van der Waals surface area contributed by atoms with Gasteiger partial charge >= 0.3 is 5.97 Å². The third-order valence-corrected chi connectivity index (χ3v) is 4.83. The average Bonchev–Trinajstić information content (AvgIpc) is 2.77. The molecule has 0 aliphatic carbocycles. The van der Waals surface area contributed by atoms with Crippen molar-refractivity contribution >= 4 is 17.4 Å². The van der Waals surface area contributed by atoms with Crippen molar-refractivity contribution in [2.75, 3.05) is 38.8 Å². The Balaban J connectivity index is 1.82. The molecule has 6 heteroatoms. The molecule has 0 aromatic heterocycles. The minimum absolute atomic E-state index is 0.146. The molecule has 6 nitrogen and oxygen atoms in total. The van der Waals surface area contributed by atoms with Gasteiger partial charge in [-0.1, -0.05) is 48.5 Å². The highest BCUT2D eigenvalue weighted by Gasteiger charge is 2.30. The van der Waals surface area contributed by atoms with Gasteiger partial charge in [-0.3, -0.25) is 10.3 Å². The van der Waals surface area contributed by atoms with Crippen LogP contribution in [0.15, 0.2) is 65.8 Å². The van der Waals surface area contributed by atoms with Crippen molar-refractivity contribution in [2.24, 2.45) is 5.10 Å². The summed E-state index contributed by atoms with van der Waals surface area (Å²) in [6.45, 7) is 2.84. The minimum atomic E-state index is -0.409. The first kappa shape index (κ1) is 20.0. The van der Waals surface area contributed by atoms with E-state index in [1.54, 1.807) is 0 Å². The number of nitrogens with one attached hydrogen (secondary N) is 1. The molecule has 28 heavy (non-hydrogen) atoms. The Kier molecular flexibility index (Phi) is 7.58. The zero-order chi connectivity index (χ0) is 19.6. The second-order valence-electron chi connectivity index (χ2n) is 6.65. The molecule has 1 N–H and O–H groups in total. The fourth-order valence-electron chi connectivity index (χ4n) is 3.33. The van der Waals surface area contributed by atoms with Crippen molar-refractivity contribution in [2.45, 2.75) is 18.9 Å². The molecule has 1 unspecified atom stereocenters. The van der Waals surface area contributed by atoms with Gasteiger partial charge in [0, 0.05) is 13.1 Å². The van der Waals surface area contributed by atoms with Crippen LogP contribution in [0.4, 0.5) is 5.69 Å². The fourth-order valence-corrected chi connectivity index (χ4v) is 3.33. The number of aryl methyl sites for hydroxylation is 1. The zero-order valence-electron chi connectivity index (χ0n) is 16.2. The van der Waals surface area contributed by atoms with Crippen molar-refractivity contribution < 1.29 is 14.3 Å². The van der Waals surface area contributed by atoms with Gasteiger partial charge in [0.15, 0.2) is 5.71 Å². The van der Waals surface area contributed by atoms with Gasteiger partial charge in [0.25, 0.3) is 0 Å². The largest absolute Gasteiger partial charge is 0.464 e. The zero-order valence-corrected chi connectivity index (χ0v) is 16.2. The van der Waals surface area contributed by atoms with Gasteiger partial charge in [0.05, 0.1) is 32.1 Å². The number of hydrogen-bond acceptors (Lipinski definition) is 6. The molecule has 0 bridgehead atoms. The Labute approximate surface area is 166 Å². The second-order valence-corrected chi connectivity index (χ2v) is 6.65. The van der Waals surface area contributed by atoms with E-state index in [9.17, 15) is 4.79 Å². The van der Waals surface area contributed by atoms with Crippen LogP contribution in [-0.4, -0.2) is 56.0 Å². The number of anilines is 1. The van der Waals surface area contributed by atoms with E-state index < -0.39 is 5.97 Å². The van der Waals surface area contributed by atoms with Crippen LogP contribution in [0.1, 0.15) is 12.0 Å². The van der Waals surface area contributed by atoms with Crippen LogP contribution in [0.5, 0.6) is 0 Å². The minimum Gasteiger partial charge on any atom is -0.464 e. The Hall–Kier alpha value is -2.70. The highest BCUT2D eigenvalue weighted by Crippen LogP contribution is 2.16. The Morgan fingerprint density at radius 1 is 1.11 bits per heavy atom. The molecule has 0 amide bonds. The summed E-state index contributed by atoms with van der Waals surface area (Å²) in [6.07, 6.45) is 1.62. The van der Waals surface area contributed by atoms with Gasteiger partial charge in [-0.05, 0) is 30.5 Å². The molecule has 148 valence electrons. The van der Waals surface area contributed by atoms with Crippen molar-refractivity contribution in [1.29, 1.82) is 0 Å². The molecule has 0 saturated carbocycles. The lowest BCUT2D eigenvalue weighted by Gasteiger charge is -2.34. The SMILES string of the molecule is COC(=O)/C(=N\Nc1ccccc1)C(CCc1ccccc1)N1CCOCC1. The maximum atomic E-state index is 12.6. The van der Waals surface area contributed by atoms with E-state index in [2.05, 4.69) is 27.6 Å². The highest BCUT2D eigenvalue weighted by atomic mass is 16.5. The lowest BCUT2D eigenvalue weighted by molar-refractivity contribution is -0.133. The number of esters is 1. The van der Waals surface area contributed by atoms with Crippen molar-refractivity contribution in [3.63, 3.8) is 0 Å². The summed E-state index contributed by atoms with van der Waals surface area (Å²) in [4.78, 5) is 14.8. The van der Waals surface area contributed by atoms with Gasteiger partial charge in [0.1, 0.15) is 0 Å². The molecular formula is C22H27N3O3. The molecule has 0 radical (unpaired) electrons. The predicted molar refractivity (Wildman–Crippen MR) is 110 cm³/mol. The third-order valence-electron chi connectivity index (χ3n) is 4.83. The van der Waals surface area contributed by atoms with Crippen molar-refractivity contribution in [3.8, 4) is 0 Å². The van der Waals surface area contributed by atoms with Crippen LogP contribution in [0.25, 0.3) is 0 Å². The number of nitrogens with zero attached hydrogens (tertiary/aromatic N) is 2. The van der Waals surface area contributed by atoms with E-state index in [1.807, 2.05) is 48.5 Å². The number of carbonyl (C=O) groups excluding carboxylic acids is 1. The number of rotatable bonds is 8. The van der Waals surface area contributed by atoms with Crippen LogP contribution in [0, 0.1) is 0 Å². The van der Waals surface area contributed by atoms with Gasteiger partial charge in [-0.25, -0.2) is 4.79 Å². The lowest BCUT2D eigenvalue weighted by Crippen LogP contribution is -2.50. The number of hydrogen-bond donors (Lipinski definition) is 1. The second kappa shape index (κ2) is 10.6. The smallest absolute Gasteiger partial charge is 0.355 e. The monoisotopic (exact) mass is 381 g/mol. The third kappa shape index (κ3) is 5.65. The quantitative estimate of drug-likeness (QED) is 0.433. The molecule has 3 rings (SSSR count). The topological polar surface area (TPSA) is 63.2 Å². The van der Waals surface area contributed by atoms with Gasteiger partial charge in [-0.15, -0.1) is 0 Å². The van der Waals surface area contributed by atoms with Crippen LogP contribution in [-0.2, 0) is 20.7 Å². The van der Waals surface area contributed by atoms with Crippen LogP contribution < -0.4 is 5.43 Å². The molecule has 1 aliphatic rings. The Morgan fingerprint density at radius 2 is 1.75 bits per heavy atom. The fraction of sp³-hybridized carbons (Fsp3) is 0.364. The number of methoxy groups -OCH3 is 1. The van der Waals surface area contributed by atoms with E-state index in [0.29, 0.717) is 18.9 Å². The first-order valence-corrected chi connectivity index (χ1v) is 9.60. The lowest BCUT2D eigenvalue weighted by atomic mass is 9.99. The van der Waals surface area contributed by atoms with E-state index in [1.165, 1.54) is 12.7 Å². The van der Waals surface area contributed by atoms with Crippen molar-refractivity contribution in [1.82, 2.24) is 4.90 Å². The van der Waals surface area contributed by atoms with E-state index in [-0.39, 0.29) is 6.04 Å². The molecule has 2 aromatic rings. The summed E-state index contributed by atoms with van der Waals surface area (Å²) in [5, 5.41) is 4.46. The number of hydrazone groups is 1. The normalized spacial score (nSPS) is 16.4. The summed E-state index contributed by atoms with van der Waals surface area (Å²) in [6, 6.07) is 19.7. The summed E-state index contributed by atoms with van der Waals surface area (Å²) in [7, 11) is 1.40. The highest BCUT2D eigenvalue weighted by molar-refractivity contribution is 6.38. The van der Waals surface area contributed by atoms with Gasteiger partial charge in [0.2, 0.25) is 0 Å². The maximum Gasteiger partial charge on any atom is 0.355 e. The van der Waals surface area contributed by atoms with Crippen LogP contribution in [0.3, 0.4) is 0 Å². The van der Waals surface area contributed by atoms with E-state index >= 15 is 0 Å². The summed E-state index contributed by atoms with van der Waals surface area (Å²) in [5.41, 5.74) is 5.46. The number of ether oxygens (including phenoxy) is 2. The molecule has 1 saturated heterocycles. The first-order chi connectivity index (χ1) is 13.8. The standard InChI is InChI=1S/C22H27N3O3/c1-27-22(26)21(24-23-19-10-6-3-7-11-19)20(25-14-16-28-17-15-25)13-12-18-8-4-2-5-9-18/h2-11,20,23H,12-17H2,1H3/b24-21-. The number of morpholine rings is 1. The summed E-state index contributed by atoms with van der Waals surface area (Å²) >= 11 is 0. The molecular weight excluding hydrogens is 354 g/mol. The maximum absolute atomic E-state index is 12.6. The Bertz CT molecular complexity index is 759. The van der Waals surface area contributed by atoms with E-state index in [0.717, 1.165) is 31.6 Å². The number of carbonyl (C=O) groups is 1. The summed E-state index contributed by atoms with van der Waals surface area (Å²) in [5.74, 6) is -0.409. The van der Waals surface area contributed by atoms with Crippen LogP contribution >= 0.6 is 0 Å². The van der Waals surface area contributed by atoms with Crippen molar-refractivity contribution in [3.05, 3.63) is 66.2 Å². The molecule has 1 aliphatic heterocycles. The Morgan fingerprint density at radius 3 is 2.39 bits per heavy atom. The summed E-state index contributed by atoms with van der Waals surface area (Å²) < 4.78 is 10.6. The number of para-hydroxylation sites is 1. The molecule has 1 heterocycles. The van der Waals surface area contributed by atoms with Gasteiger partial charge in [-0.2, -0.15) is 5.10 Å². The average molecular weight is 381 g/mol. The molecule has 2 aromatic carbocycles. The first-order valence-electron chi connectivity index (χ1n) is 9.60. The molecule has 1 atom stereocenters. The molecule has 1 fully saturated rings. The number of benzene rings is 2. The van der Waals surface area contributed by atoms with Crippen LogP contribution in [0.2, 0.25) is 0 Å².